The first kappa shape index (κ1) is 12.9. The summed E-state index contributed by atoms with van der Waals surface area (Å²) in [4.78, 5) is 11.5. The van der Waals surface area contributed by atoms with Crippen molar-refractivity contribution in [2.75, 3.05) is 13.6 Å². The van der Waals surface area contributed by atoms with E-state index in [-0.39, 0.29) is 5.78 Å². The van der Waals surface area contributed by atoms with E-state index in [1.165, 1.54) is 0 Å². The van der Waals surface area contributed by atoms with Crippen molar-refractivity contribution in [3.63, 3.8) is 0 Å². The van der Waals surface area contributed by atoms with Gasteiger partial charge in [0.25, 0.3) is 0 Å². The number of aromatic nitrogens is 2. The number of nitrogens with one attached hydrogen (secondary N) is 1. The van der Waals surface area contributed by atoms with Crippen molar-refractivity contribution in [1.29, 1.82) is 0 Å². The van der Waals surface area contributed by atoms with Crippen LogP contribution in [0, 0.1) is 0 Å². The Hall–Kier alpha value is -1.16. The second-order valence-electron chi connectivity index (χ2n) is 4.11. The molecule has 1 atom stereocenters. The third-order valence-corrected chi connectivity index (χ3v) is 2.74. The van der Waals surface area contributed by atoms with Gasteiger partial charge in [0.1, 0.15) is 5.78 Å². The largest absolute Gasteiger partial charge is 0.319 e. The molecule has 1 aromatic rings. The highest BCUT2D eigenvalue weighted by molar-refractivity contribution is 5.80. The van der Waals surface area contributed by atoms with Crippen molar-refractivity contribution in [2.24, 2.45) is 0 Å². The maximum absolute atomic E-state index is 11.5. The van der Waals surface area contributed by atoms with Gasteiger partial charge in [-0.1, -0.05) is 6.92 Å². The van der Waals surface area contributed by atoms with Crippen molar-refractivity contribution in [3.05, 3.63) is 18.0 Å². The number of Topliss-reactive ketones (excluding diaryl/α,β-unsaturated/α-hetero) is 1. The summed E-state index contributed by atoms with van der Waals surface area (Å²) in [6.45, 7) is 4.99. The molecule has 0 fully saturated rings. The summed E-state index contributed by atoms with van der Waals surface area (Å²) in [5.41, 5.74) is 0.876. The highest BCUT2D eigenvalue weighted by atomic mass is 16.1. The first-order valence-corrected chi connectivity index (χ1v) is 5.87. The highest BCUT2D eigenvalue weighted by Gasteiger charge is 2.08. The molecule has 0 aliphatic carbocycles. The van der Waals surface area contributed by atoms with Crippen molar-refractivity contribution in [2.45, 2.75) is 39.2 Å². The molecule has 0 saturated carbocycles. The lowest BCUT2D eigenvalue weighted by molar-refractivity contribution is -0.118. The molecule has 0 aliphatic heterocycles. The molecule has 1 rings (SSSR count). The van der Waals surface area contributed by atoms with Crippen LogP contribution >= 0.6 is 0 Å². The van der Waals surface area contributed by atoms with Gasteiger partial charge in [0.05, 0.1) is 12.1 Å². The second kappa shape index (κ2) is 6.43. The number of carbonyl (C=O) groups is 1. The number of hydrogen-bond acceptors (Lipinski definition) is 3. The molecule has 16 heavy (non-hydrogen) atoms. The summed E-state index contributed by atoms with van der Waals surface area (Å²) in [6, 6.07) is 2.34. The van der Waals surface area contributed by atoms with E-state index >= 15 is 0 Å². The van der Waals surface area contributed by atoms with E-state index in [4.69, 9.17) is 0 Å². The Labute approximate surface area is 97.0 Å². The molecule has 1 unspecified atom stereocenters. The van der Waals surface area contributed by atoms with E-state index < -0.39 is 0 Å². The van der Waals surface area contributed by atoms with Crippen LogP contribution in [0.5, 0.6) is 0 Å². The van der Waals surface area contributed by atoms with Gasteiger partial charge in [-0.25, -0.2) is 0 Å². The lowest BCUT2D eigenvalue weighted by atomic mass is 10.2. The lowest BCUT2D eigenvalue weighted by Gasteiger charge is -2.07. The number of carbonyl (C=O) groups excluding carboxylic acids is 1. The fourth-order valence-electron chi connectivity index (χ4n) is 1.46. The van der Waals surface area contributed by atoms with Gasteiger partial charge >= 0.3 is 0 Å². The van der Waals surface area contributed by atoms with Crippen molar-refractivity contribution in [1.82, 2.24) is 15.1 Å². The fourth-order valence-corrected chi connectivity index (χ4v) is 1.46. The van der Waals surface area contributed by atoms with Crippen LogP contribution in [0.4, 0.5) is 0 Å². The van der Waals surface area contributed by atoms with E-state index in [0.717, 1.165) is 18.7 Å². The molecular weight excluding hydrogens is 202 g/mol. The Balaban J connectivity index is 2.48. The zero-order chi connectivity index (χ0) is 12.0. The van der Waals surface area contributed by atoms with Gasteiger partial charge < -0.3 is 5.32 Å². The predicted molar refractivity (Wildman–Crippen MR) is 64.5 cm³/mol. The van der Waals surface area contributed by atoms with Gasteiger partial charge in [-0.3, -0.25) is 9.48 Å². The van der Waals surface area contributed by atoms with Gasteiger partial charge in [-0.05, 0) is 26.5 Å². The van der Waals surface area contributed by atoms with Crippen LogP contribution in [0.3, 0.4) is 0 Å². The molecule has 0 saturated heterocycles. The lowest BCUT2D eigenvalue weighted by Crippen LogP contribution is -2.14. The van der Waals surface area contributed by atoms with E-state index in [9.17, 15) is 4.79 Å². The van der Waals surface area contributed by atoms with Gasteiger partial charge in [-0.15, -0.1) is 0 Å². The number of nitrogens with zero attached hydrogens (tertiary/aromatic N) is 2. The summed E-state index contributed by atoms with van der Waals surface area (Å²) in [5, 5.41) is 7.37. The Kier molecular flexibility index (Phi) is 5.19. The minimum Gasteiger partial charge on any atom is -0.319 e. The standard InChI is InChI=1S/C12H21N3O/c1-4-10(2)15-8-6-11(14-15)9-12(16)5-7-13-3/h6,8,10,13H,4-5,7,9H2,1-3H3. The quantitative estimate of drug-likeness (QED) is 0.763. The molecule has 1 aromatic heterocycles. The number of ketones is 1. The third kappa shape index (κ3) is 3.77. The SMILES string of the molecule is CCC(C)n1ccc(CC(=O)CCNC)n1. The highest BCUT2D eigenvalue weighted by Crippen LogP contribution is 2.09. The van der Waals surface area contributed by atoms with E-state index in [1.54, 1.807) is 0 Å². The number of rotatable bonds is 7. The molecule has 90 valence electrons. The molecule has 0 radical (unpaired) electrons. The molecule has 4 nitrogen and oxygen atoms in total. The summed E-state index contributed by atoms with van der Waals surface area (Å²) >= 11 is 0. The van der Waals surface area contributed by atoms with Crippen molar-refractivity contribution >= 4 is 5.78 Å². The molecular formula is C12H21N3O. The fraction of sp³-hybridized carbons (Fsp3) is 0.667. The summed E-state index contributed by atoms with van der Waals surface area (Å²) in [7, 11) is 1.85. The van der Waals surface area contributed by atoms with Crippen LogP contribution in [0.2, 0.25) is 0 Å². The molecule has 0 spiro atoms. The van der Waals surface area contributed by atoms with Gasteiger partial charge in [0.15, 0.2) is 0 Å². The van der Waals surface area contributed by atoms with Gasteiger partial charge in [0.2, 0.25) is 0 Å². The van der Waals surface area contributed by atoms with E-state index in [0.29, 0.717) is 18.9 Å². The monoisotopic (exact) mass is 223 g/mol. The first-order chi connectivity index (χ1) is 7.67. The van der Waals surface area contributed by atoms with E-state index in [1.807, 2.05) is 24.0 Å². The van der Waals surface area contributed by atoms with Gasteiger partial charge in [-0.2, -0.15) is 5.10 Å². The molecule has 0 aromatic carbocycles. The third-order valence-electron chi connectivity index (χ3n) is 2.74. The summed E-state index contributed by atoms with van der Waals surface area (Å²) in [5.74, 6) is 0.240. The summed E-state index contributed by atoms with van der Waals surface area (Å²) < 4.78 is 1.93. The normalized spacial score (nSPS) is 12.7. The van der Waals surface area contributed by atoms with Crippen LogP contribution in [0.15, 0.2) is 12.3 Å². The van der Waals surface area contributed by atoms with Crippen molar-refractivity contribution < 1.29 is 4.79 Å². The molecule has 0 aliphatic rings. The first-order valence-electron chi connectivity index (χ1n) is 5.87. The minimum absolute atomic E-state index is 0.240. The average molecular weight is 223 g/mol. The Morgan fingerprint density at radius 2 is 2.38 bits per heavy atom. The zero-order valence-electron chi connectivity index (χ0n) is 10.4. The van der Waals surface area contributed by atoms with Gasteiger partial charge in [0, 0.05) is 25.2 Å². The van der Waals surface area contributed by atoms with Crippen molar-refractivity contribution in [3.8, 4) is 0 Å². The van der Waals surface area contributed by atoms with E-state index in [2.05, 4.69) is 24.3 Å². The van der Waals surface area contributed by atoms with Crippen LogP contribution in [0.25, 0.3) is 0 Å². The Bertz CT molecular complexity index is 333. The van der Waals surface area contributed by atoms with Crippen LogP contribution in [-0.2, 0) is 11.2 Å². The average Bonchev–Trinajstić information content (AvgIpc) is 2.73. The smallest absolute Gasteiger partial charge is 0.140 e. The van der Waals surface area contributed by atoms with Crippen LogP contribution in [0.1, 0.15) is 38.4 Å². The second-order valence-corrected chi connectivity index (χ2v) is 4.11. The minimum atomic E-state index is 0.240. The van der Waals surface area contributed by atoms with Crippen LogP contribution < -0.4 is 5.32 Å². The molecule has 4 heteroatoms. The maximum Gasteiger partial charge on any atom is 0.140 e. The maximum atomic E-state index is 11.5. The topological polar surface area (TPSA) is 46.9 Å². The predicted octanol–water partition coefficient (Wildman–Crippen LogP) is 1.58. The molecule has 0 amide bonds. The molecule has 1 heterocycles. The molecule has 0 bridgehead atoms. The van der Waals surface area contributed by atoms with Crippen LogP contribution in [-0.4, -0.2) is 29.2 Å². The number of hydrogen-bond donors (Lipinski definition) is 1. The Morgan fingerprint density at radius 3 is 3.00 bits per heavy atom. The Morgan fingerprint density at radius 1 is 1.62 bits per heavy atom. The summed E-state index contributed by atoms with van der Waals surface area (Å²) in [6.07, 6.45) is 4.03. The molecule has 1 N–H and O–H groups in total. The zero-order valence-corrected chi connectivity index (χ0v) is 10.4.